The van der Waals surface area contributed by atoms with Crippen molar-refractivity contribution in [2.45, 2.75) is 75.4 Å². The molecule has 3 aromatic carbocycles. The minimum absolute atomic E-state index is 0.0335. The summed E-state index contributed by atoms with van der Waals surface area (Å²) in [6, 6.07) is 28.5. The van der Waals surface area contributed by atoms with E-state index in [1.807, 2.05) is 41.3 Å². The summed E-state index contributed by atoms with van der Waals surface area (Å²) in [5.74, 6) is 1.29. The fourth-order valence-corrected chi connectivity index (χ4v) is 8.38. The molecule has 3 aliphatic rings. The molecule has 4 aromatic rings. The van der Waals surface area contributed by atoms with Gasteiger partial charge in [-0.05, 0) is 106 Å². The summed E-state index contributed by atoms with van der Waals surface area (Å²) in [7, 11) is 0. The van der Waals surface area contributed by atoms with E-state index in [0.717, 1.165) is 60.8 Å². The molecule has 6 heteroatoms. The van der Waals surface area contributed by atoms with Crippen molar-refractivity contribution in [2.24, 2.45) is 0 Å². The molecule has 3 saturated heterocycles. The Morgan fingerprint density at radius 2 is 1.61 bits per heavy atom. The van der Waals surface area contributed by atoms with Gasteiger partial charge >= 0.3 is 0 Å². The van der Waals surface area contributed by atoms with Gasteiger partial charge in [0.05, 0.1) is 11.0 Å². The molecule has 1 aromatic heterocycles. The normalized spacial score (nSPS) is 24.1. The van der Waals surface area contributed by atoms with Crippen molar-refractivity contribution >= 4 is 28.5 Å². The van der Waals surface area contributed by atoms with Gasteiger partial charge in [0, 0.05) is 41.8 Å². The fourth-order valence-electron chi connectivity index (χ4n) is 8.19. The Hall–Kier alpha value is -3.15. The smallest absolute Gasteiger partial charge is 0.253 e. The number of likely N-dealkylation sites (tertiary alicyclic amines) is 1. The summed E-state index contributed by atoms with van der Waals surface area (Å²) >= 11 is 6.53. The van der Waals surface area contributed by atoms with Crippen molar-refractivity contribution in [3.8, 4) is 0 Å². The number of amides is 1. The van der Waals surface area contributed by atoms with Gasteiger partial charge in [-0.25, -0.2) is 4.98 Å². The number of piperidine rings is 2. The highest BCUT2D eigenvalue weighted by Crippen LogP contribution is 2.45. The summed E-state index contributed by atoms with van der Waals surface area (Å²) in [4.78, 5) is 23.0. The predicted octanol–water partition coefficient (Wildman–Crippen LogP) is 7.43. The summed E-state index contributed by atoms with van der Waals surface area (Å²) in [6.45, 7) is 4.83. The third-order valence-electron chi connectivity index (χ3n) is 10.3. The lowest BCUT2D eigenvalue weighted by Crippen LogP contribution is -2.49. The van der Waals surface area contributed by atoms with Gasteiger partial charge in [-0.1, -0.05) is 54.1 Å². The summed E-state index contributed by atoms with van der Waals surface area (Å²) in [5, 5.41) is 0.800. The lowest BCUT2D eigenvalue weighted by atomic mass is 9.70. The fraction of sp³-hybridized carbons (Fsp3) is 0.429. The zero-order valence-electron chi connectivity index (χ0n) is 23.9. The van der Waals surface area contributed by atoms with Gasteiger partial charge < -0.3 is 9.47 Å². The van der Waals surface area contributed by atoms with Gasteiger partial charge in [-0.15, -0.1) is 0 Å². The van der Waals surface area contributed by atoms with Crippen molar-refractivity contribution in [1.82, 2.24) is 19.4 Å². The molecule has 2 atom stereocenters. The topological polar surface area (TPSA) is 41.4 Å². The van der Waals surface area contributed by atoms with E-state index in [0.29, 0.717) is 18.1 Å². The predicted molar refractivity (Wildman–Crippen MR) is 166 cm³/mol. The second-order valence-electron chi connectivity index (χ2n) is 12.5. The first-order valence-electron chi connectivity index (χ1n) is 15.3. The molecule has 212 valence electrons. The van der Waals surface area contributed by atoms with Gasteiger partial charge in [0.25, 0.3) is 5.91 Å². The van der Waals surface area contributed by atoms with Crippen LogP contribution < -0.4 is 0 Å². The molecule has 41 heavy (non-hydrogen) atoms. The average molecular weight is 567 g/mol. The number of nitrogens with zero attached hydrogens (tertiary/aromatic N) is 4. The minimum atomic E-state index is 0.0335. The van der Waals surface area contributed by atoms with E-state index in [1.165, 1.54) is 36.8 Å². The minimum Gasteiger partial charge on any atom is -0.339 e. The number of aryl methyl sites for hydroxylation is 1. The number of carbonyl (C=O) groups excluding carboxylic acids is 1. The van der Waals surface area contributed by atoms with Gasteiger partial charge in [0.15, 0.2) is 0 Å². The first-order valence-corrected chi connectivity index (χ1v) is 15.7. The number of hydrogen-bond donors (Lipinski definition) is 0. The molecule has 7 rings (SSSR count). The average Bonchev–Trinajstić information content (AvgIpc) is 3.46. The molecular formula is C35H39ClN4O. The maximum atomic E-state index is 13.2. The molecule has 3 fully saturated rings. The largest absolute Gasteiger partial charge is 0.339 e. The highest BCUT2D eigenvalue weighted by atomic mass is 35.5. The Kier molecular flexibility index (Phi) is 7.12. The van der Waals surface area contributed by atoms with Crippen LogP contribution in [0.25, 0.3) is 11.0 Å². The molecule has 0 N–H and O–H groups in total. The van der Waals surface area contributed by atoms with Crippen LogP contribution in [-0.2, 0) is 5.41 Å². The van der Waals surface area contributed by atoms with E-state index in [4.69, 9.17) is 16.6 Å². The maximum absolute atomic E-state index is 13.2. The molecule has 5 nitrogen and oxygen atoms in total. The number of para-hydroxylation sites is 2. The van der Waals surface area contributed by atoms with Crippen molar-refractivity contribution in [3.05, 3.63) is 101 Å². The van der Waals surface area contributed by atoms with Crippen LogP contribution in [0, 0.1) is 6.92 Å². The Balaban J connectivity index is 1.08. The van der Waals surface area contributed by atoms with E-state index in [9.17, 15) is 4.79 Å². The number of hydrogen-bond acceptors (Lipinski definition) is 3. The van der Waals surface area contributed by atoms with E-state index < -0.39 is 0 Å². The molecule has 2 bridgehead atoms. The molecule has 0 saturated carbocycles. The van der Waals surface area contributed by atoms with Crippen molar-refractivity contribution in [1.29, 1.82) is 0 Å². The third kappa shape index (κ3) is 4.97. The summed E-state index contributed by atoms with van der Waals surface area (Å²) in [5.41, 5.74) is 4.54. The lowest BCUT2D eigenvalue weighted by Gasteiger charge is -2.45. The number of benzene rings is 3. The number of carbonyl (C=O) groups is 1. The maximum Gasteiger partial charge on any atom is 0.253 e. The standard InChI is InChI=1S/C35H39ClN4O/c1-25-37-32-12-5-6-13-33(32)40(25)31-23-29-14-15-30(24-31)39(29)21-18-35(27-10-7-11-28(36)22-27)16-19-38(20-17-35)34(41)26-8-3-2-4-9-26/h2-13,22,29-31H,14-21,23-24H2,1H3/t29-,30-/m1/s1. The van der Waals surface area contributed by atoms with Crippen molar-refractivity contribution < 1.29 is 4.79 Å². The van der Waals surface area contributed by atoms with Gasteiger partial charge in [0.2, 0.25) is 0 Å². The quantitative estimate of drug-likeness (QED) is 0.244. The van der Waals surface area contributed by atoms with E-state index in [1.54, 1.807) is 0 Å². The zero-order valence-corrected chi connectivity index (χ0v) is 24.6. The van der Waals surface area contributed by atoms with Crippen LogP contribution in [0.1, 0.15) is 72.7 Å². The highest BCUT2D eigenvalue weighted by molar-refractivity contribution is 6.30. The van der Waals surface area contributed by atoms with E-state index in [2.05, 4.69) is 58.9 Å². The summed E-state index contributed by atoms with van der Waals surface area (Å²) < 4.78 is 2.52. The van der Waals surface area contributed by atoms with Gasteiger partial charge in [0.1, 0.15) is 5.82 Å². The Bertz CT molecular complexity index is 1530. The molecule has 1 amide bonds. The first-order chi connectivity index (χ1) is 20.0. The molecular weight excluding hydrogens is 528 g/mol. The van der Waals surface area contributed by atoms with Crippen LogP contribution >= 0.6 is 11.6 Å². The Morgan fingerprint density at radius 1 is 0.902 bits per heavy atom. The van der Waals surface area contributed by atoms with Crippen LogP contribution in [0.4, 0.5) is 0 Å². The number of aromatic nitrogens is 2. The molecule has 4 heterocycles. The monoisotopic (exact) mass is 566 g/mol. The first kappa shape index (κ1) is 26.7. The van der Waals surface area contributed by atoms with Gasteiger partial charge in [-0.3, -0.25) is 9.69 Å². The lowest BCUT2D eigenvalue weighted by molar-refractivity contribution is 0.0607. The number of halogens is 1. The van der Waals surface area contributed by atoms with Crippen LogP contribution in [-0.4, -0.2) is 57.0 Å². The van der Waals surface area contributed by atoms with Crippen molar-refractivity contribution in [2.75, 3.05) is 19.6 Å². The SMILES string of the molecule is Cc1nc2ccccc2n1C1C[C@H]2CC[C@H](C1)N2CCC1(c2cccc(Cl)c2)CCN(C(=O)c2ccccc2)CC1. The molecule has 0 aliphatic carbocycles. The highest BCUT2D eigenvalue weighted by Gasteiger charge is 2.44. The van der Waals surface area contributed by atoms with Crippen molar-refractivity contribution in [3.63, 3.8) is 0 Å². The number of rotatable bonds is 6. The van der Waals surface area contributed by atoms with Crippen LogP contribution in [0.2, 0.25) is 5.02 Å². The number of imidazole rings is 1. The van der Waals surface area contributed by atoms with E-state index >= 15 is 0 Å². The second kappa shape index (κ2) is 10.9. The number of fused-ring (bicyclic) bond motifs is 3. The van der Waals surface area contributed by atoms with E-state index in [-0.39, 0.29) is 11.3 Å². The molecule has 0 radical (unpaired) electrons. The van der Waals surface area contributed by atoms with Crippen LogP contribution in [0.3, 0.4) is 0 Å². The summed E-state index contributed by atoms with van der Waals surface area (Å²) in [6.07, 6.45) is 8.01. The Morgan fingerprint density at radius 3 is 2.34 bits per heavy atom. The Labute approximate surface area is 248 Å². The van der Waals surface area contributed by atoms with Gasteiger partial charge in [-0.2, -0.15) is 0 Å². The molecule has 0 spiro atoms. The van der Waals surface area contributed by atoms with Crippen LogP contribution in [0.5, 0.6) is 0 Å². The van der Waals surface area contributed by atoms with Crippen LogP contribution in [0.15, 0.2) is 78.9 Å². The molecule has 3 aliphatic heterocycles. The molecule has 0 unspecified atom stereocenters. The second-order valence-corrected chi connectivity index (χ2v) is 12.9. The zero-order chi connectivity index (χ0) is 28.0. The third-order valence-corrected chi connectivity index (χ3v) is 10.5.